The number of imidazole rings is 1. The van der Waals surface area contributed by atoms with Gasteiger partial charge in [-0.15, -0.1) is 0 Å². The average Bonchev–Trinajstić information content (AvgIpc) is 3.05. The molecule has 1 atom stereocenters. The second-order valence-corrected chi connectivity index (χ2v) is 10.4. The van der Waals surface area contributed by atoms with Crippen LogP contribution in [0.2, 0.25) is 5.15 Å². The number of fused-ring (bicyclic) bond motifs is 1. The first kappa shape index (κ1) is 27.4. The van der Waals surface area contributed by atoms with Crippen molar-refractivity contribution in [3.8, 4) is 11.4 Å². The van der Waals surface area contributed by atoms with Gasteiger partial charge in [0.1, 0.15) is 28.7 Å². The van der Waals surface area contributed by atoms with E-state index >= 15 is 0 Å². The number of anilines is 1. The molecule has 0 radical (unpaired) electrons. The molecule has 1 aliphatic heterocycles. The van der Waals surface area contributed by atoms with Gasteiger partial charge in [-0.3, -0.25) is 14.6 Å². The van der Waals surface area contributed by atoms with Crippen molar-refractivity contribution in [1.29, 1.82) is 0 Å². The Balaban J connectivity index is 1.84. The molecule has 202 valence electrons. The van der Waals surface area contributed by atoms with E-state index in [-0.39, 0.29) is 28.8 Å². The number of likely N-dealkylation sites (N-methyl/N-ethyl adjacent to an activating group) is 1. The fourth-order valence-electron chi connectivity index (χ4n) is 4.35. The van der Waals surface area contributed by atoms with Crippen molar-refractivity contribution < 1.29 is 22.8 Å². The van der Waals surface area contributed by atoms with Gasteiger partial charge in [0, 0.05) is 26.2 Å². The first-order valence-corrected chi connectivity index (χ1v) is 12.3. The van der Waals surface area contributed by atoms with Crippen LogP contribution in [0.3, 0.4) is 0 Å². The first-order valence-electron chi connectivity index (χ1n) is 11.9. The smallest absolute Gasteiger partial charge is 0.272 e. The summed E-state index contributed by atoms with van der Waals surface area (Å²) in [5.74, 6) is -4.27. The van der Waals surface area contributed by atoms with E-state index in [0.717, 1.165) is 6.07 Å². The molecule has 1 aromatic carbocycles. The van der Waals surface area contributed by atoms with Crippen LogP contribution in [0.1, 0.15) is 43.4 Å². The van der Waals surface area contributed by atoms with Crippen LogP contribution in [0, 0.1) is 22.9 Å². The molecule has 2 N–H and O–H groups in total. The zero-order chi connectivity index (χ0) is 27.8. The zero-order valence-electron chi connectivity index (χ0n) is 21.3. The minimum absolute atomic E-state index is 0.0344. The number of nitrogens with zero attached hydrogens (tertiary/aromatic N) is 5. The second kappa shape index (κ2) is 10.6. The van der Waals surface area contributed by atoms with E-state index in [1.165, 1.54) is 19.4 Å². The molecule has 0 spiro atoms. The molecule has 13 heteroatoms. The van der Waals surface area contributed by atoms with E-state index in [1.54, 1.807) is 25.3 Å². The number of rotatable bonds is 5. The van der Waals surface area contributed by atoms with Crippen molar-refractivity contribution in [1.82, 2.24) is 30.2 Å². The molecule has 0 saturated carbocycles. The first-order chi connectivity index (χ1) is 17.9. The maximum absolute atomic E-state index is 14.8. The summed E-state index contributed by atoms with van der Waals surface area (Å²) in [6, 6.07) is 0.245. The van der Waals surface area contributed by atoms with Crippen molar-refractivity contribution in [3.05, 3.63) is 58.5 Å². The Morgan fingerprint density at radius 1 is 1.05 bits per heavy atom. The summed E-state index contributed by atoms with van der Waals surface area (Å²) in [4.78, 5) is 40.8. The molecule has 0 bridgehead atoms. The summed E-state index contributed by atoms with van der Waals surface area (Å²) in [6.45, 7) is 6.27. The Kier molecular flexibility index (Phi) is 7.63. The van der Waals surface area contributed by atoms with Crippen molar-refractivity contribution >= 4 is 29.2 Å². The number of benzene rings is 1. The molecule has 2 amide bonds. The van der Waals surface area contributed by atoms with E-state index in [0.29, 0.717) is 37.1 Å². The van der Waals surface area contributed by atoms with Gasteiger partial charge >= 0.3 is 0 Å². The lowest BCUT2D eigenvalue weighted by Crippen LogP contribution is -2.53. The van der Waals surface area contributed by atoms with Crippen LogP contribution in [0.15, 0.2) is 24.5 Å². The quantitative estimate of drug-likeness (QED) is 0.470. The van der Waals surface area contributed by atoms with Gasteiger partial charge in [0.25, 0.3) is 5.91 Å². The van der Waals surface area contributed by atoms with Gasteiger partial charge in [0.05, 0.1) is 30.2 Å². The minimum Gasteiger partial charge on any atom is -0.357 e. The lowest BCUT2D eigenvalue weighted by atomic mass is 9.86. The van der Waals surface area contributed by atoms with Crippen molar-refractivity contribution in [3.63, 3.8) is 0 Å². The van der Waals surface area contributed by atoms with E-state index in [4.69, 9.17) is 11.6 Å². The Bertz CT molecular complexity index is 1390. The number of aromatic nitrogens is 4. The summed E-state index contributed by atoms with van der Waals surface area (Å²) in [5.41, 5.74) is -0.641. The molecule has 3 heterocycles. The Hall–Kier alpha value is -3.67. The fraction of sp³-hybridized carbons (Fsp3) is 0.400. The van der Waals surface area contributed by atoms with Gasteiger partial charge in [-0.05, 0) is 17.9 Å². The fourth-order valence-corrected chi connectivity index (χ4v) is 4.49. The van der Waals surface area contributed by atoms with Crippen molar-refractivity contribution in [2.24, 2.45) is 5.41 Å². The summed E-state index contributed by atoms with van der Waals surface area (Å²) < 4.78 is 44.3. The summed E-state index contributed by atoms with van der Waals surface area (Å²) in [7, 11) is 1.46. The zero-order valence-corrected chi connectivity index (χ0v) is 22.0. The number of halogens is 4. The maximum atomic E-state index is 14.8. The largest absolute Gasteiger partial charge is 0.357 e. The highest BCUT2D eigenvalue weighted by atomic mass is 35.5. The Morgan fingerprint density at radius 2 is 1.76 bits per heavy atom. The molecule has 38 heavy (non-hydrogen) atoms. The van der Waals surface area contributed by atoms with Crippen molar-refractivity contribution in [2.45, 2.75) is 46.3 Å². The lowest BCUT2D eigenvalue weighted by molar-refractivity contribution is -0.124. The highest BCUT2D eigenvalue weighted by Crippen LogP contribution is 2.31. The monoisotopic (exact) mass is 549 g/mol. The molecule has 3 aromatic rings. The topological polar surface area (TPSA) is 105 Å². The number of amides is 2. The average molecular weight is 550 g/mol. The van der Waals surface area contributed by atoms with E-state index in [2.05, 4.69) is 25.6 Å². The molecule has 0 fully saturated rings. The van der Waals surface area contributed by atoms with Gasteiger partial charge < -0.3 is 20.1 Å². The standard InChI is InChI=1S/C25H27ClF3N7O2/c1-25(2,3)21(24(38)30-4)34-23(37)20-17-12-35(19-11-31-10-18(26)32-19)6-5-7-36(17)22(33-20)13-8-15(28)16(29)9-14(13)27/h8-11,21H,5-7,12H2,1-4H3,(H,30,38)(H,34,37)/t21-/m1/s1. The molecular weight excluding hydrogens is 523 g/mol. The summed E-state index contributed by atoms with van der Waals surface area (Å²) >= 11 is 6.03. The van der Waals surface area contributed by atoms with Crippen LogP contribution in [-0.4, -0.2) is 51.0 Å². The van der Waals surface area contributed by atoms with E-state index in [1.807, 2.05) is 4.90 Å². The molecule has 1 aliphatic rings. The Morgan fingerprint density at radius 3 is 2.42 bits per heavy atom. The van der Waals surface area contributed by atoms with Gasteiger partial charge in [0.15, 0.2) is 17.3 Å². The number of nitrogens with one attached hydrogen (secondary N) is 2. The predicted octanol–water partition coefficient (Wildman–Crippen LogP) is 3.71. The molecule has 0 unspecified atom stereocenters. The van der Waals surface area contributed by atoms with Crippen LogP contribution >= 0.6 is 11.6 Å². The lowest BCUT2D eigenvalue weighted by Gasteiger charge is -2.29. The maximum Gasteiger partial charge on any atom is 0.272 e. The number of carbonyl (C=O) groups excluding carboxylic acids is 2. The predicted molar refractivity (Wildman–Crippen MR) is 135 cm³/mol. The number of carbonyl (C=O) groups is 2. The summed E-state index contributed by atoms with van der Waals surface area (Å²) in [6.07, 6.45) is 3.44. The van der Waals surface area contributed by atoms with Crippen LogP contribution in [0.4, 0.5) is 19.0 Å². The van der Waals surface area contributed by atoms with E-state index in [9.17, 15) is 22.8 Å². The van der Waals surface area contributed by atoms with Gasteiger partial charge in [-0.2, -0.15) is 0 Å². The normalized spacial score (nSPS) is 14.5. The number of hydrogen-bond acceptors (Lipinski definition) is 6. The van der Waals surface area contributed by atoms with Crippen LogP contribution in [0.5, 0.6) is 0 Å². The van der Waals surface area contributed by atoms with Crippen LogP contribution in [-0.2, 0) is 17.9 Å². The van der Waals surface area contributed by atoms with Gasteiger partial charge in [0.2, 0.25) is 5.91 Å². The third kappa shape index (κ3) is 5.45. The molecule has 0 saturated heterocycles. The van der Waals surface area contributed by atoms with Gasteiger partial charge in [-0.25, -0.2) is 23.1 Å². The number of hydrogen-bond donors (Lipinski definition) is 2. The molecule has 4 rings (SSSR count). The second-order valence-electron chi connectivity index (χ2n) is 9.99. The molecule has 0 aliphatic carbocycles. The third-order valence-corrected chi connectivity index (χ3v) is 6.44. The molecule has 9 nitrogen and oxygen atoms in total. The highest BCUT2D eigenvalue weighted by molar-refractivity contribution is 6.29. The van der Waals surface area contributed by atoms with E-state index < -0.39 is 40.7 Å². The summed E-state index contributed by atoms with van der Waals surface area (Å²) in [5, 5.41) is 5.46. The molecule has 2 aromatic heterocycles. The highest BCUT2D eigenvalue weighted by Gasteiger charge is 2.35. The van der Waals surface area contributed by atoms with Crippen LogP contribution in [0.25, 0.3) is 11.4 Å². The van der Waals surface area contributed by atoms with Gasteiger partial charge in [-0.1, -0.05) is 32.4 Å². The SMILES string of the molecule is CNC(=O)[C@@H](NC(=O)c1nc(-c2cc(F)c(F)cc2F)n2c1CN(c1cncc(Cl)n1)CCC2)C(C)(C)C. The van der Waals surface area contributed by atoms with Crippen LogP contribution < -0.4 is 15.5 Å². The minimum atomic E-state index is -1.34. The molecular formula is C25H27ClF3N7O2. The Labute approximate surface area is 222 Å². The van der Waals surface area contributed by atoms with Crippen molar-refractivity contribution in [2.75, 3.05) is 18.5 Å². The third-order valence-electron chi connectivity index (χ3n) is 6.26.